The predicted octanol–water partition coefficient (Wildman–Crippen LogP) is 2.29. The molecule has 0 saturated heterocycles. The molecule has 1 rings (SSSR count). The van der Waals surface area contributed by atoms with Gasteiger partial charge in [0.05, 0.1) is 0 Å². The van der Waals surface area contributed by atoms with Crippen molar-refractivity contribution in [2.45, 2.75) is 26.3 Å². The van der Waals surface area contributed by atoms with Crippen LogP contribution in [0, 0.1) is 13.8 Å². The second-order valence-electron chi connectivity index (χ2n) is 4.56. The Hall–Kier alpha value is -1.40. The second-order valence-corrected chi connectivity index (χ2v) is 5.42. The quantitative estimate of drug-likeness (QED) is 0.830. The molecular formula is C14H18BrNO4. The Morgan fingerprint density at radius 2 is 2.00 bits per heavy atom. The average molecular weight is 344 g/mol. The Balaban J connectivity index is 2.89. The van der Waals surface area contributed by atoms with Gasteiger partial charge in [0.2, 0.25) is 0 Å². The zero-order valence-corrected chi connectivity index (χ0v) is 13.3. The van der Waals surface area contributed by atoms with Crippen LogP contribution in [0.1, 0.15) is 27.9 Å². The van der Waals surface area contributed by atoms with Crippen LogP contribution in [0.4, 0.5) is 0 Å². The van der Waals surface area contributed by atoms with Crippen molar-refractivity contribution in [1.29, 1.82) is 0 Å². The van der Waals surface area contributed by atoms with E-state index in [1.54, 1.807) is 6.07 Å². The van der Waals surface area contributed by atoms with Crippen LogP contribution in [-0.4, -0.2) is 36.7 Å². The fraction of sp³-hybridized carbons (Fsp3) is 0.429. The van der Waals surface area contributed by atoms with Gasteiger partial charge in [-0.1, -0.05) is 15.9 Å². The summed E-state index contributed by atoms with van der Waals surface area (Å²) in [5.74, 6) is -1.46. The smallest absolute Gasteiger partial charge is 0.326 e. The summed E-state index contributed by atoms with van der Waals surface area (Å²) in [7, 11) is 1.49. The molecule has 0 fully saturated rings. The third-order valence-electron chi connectivity index (χ3n) is 2.96. The van der Waals surface area contributed by atoms with Gasteiger partial charge >= 0.3 is 5.97 Å². The zero-order chi connectivity index (χ0) is 15.3. The summed E-state index contributed by atoms with van der Waals surface area (Å²) in [6, 6.07) is 2.63. The fourth-order valence-electron chi connectivity index (χ4n) is 1.75. The first-order chi connectivity index (χ1) is 9.36. The number of amides is 1. The molecule has 0 bridgehead atoms. The Labute approximate surface area is 126 Å². The van der Waals surface area contributed by atoms with Gasteiger partial charge in [-0.15, -0.1) is 0 Å². The van der Waals surface area contributed by atoms with Gasteiger partial charge in [0, 0.05) is 30.2 Å². The molecule has 0 saturated carbocycles. The number of hydrogen-bond donors (Lipinski definition) is 2. The van der Waals surface area contributed by atoms with Crippen molar-refractivity contribution in [3.05, 3.63) is 33.3 Å². The van der Waals surface area contributed by atoms with Crippen LogP contribution in [0.25, 0.3) is 0 Å². The highest BCUT2D eigenvalue weighted by Crippen LogP contribution is 2.21. The number of carbonyl (C=O) groups is 2. The lowest BCUT2D eigenvalue weighted by Crippen LogP contribution is -2.41. The highest BCUT2D eigenvalue weighted by atomic mass is 79.9. The molecule has 1 atom stereocenters. The molecule has 0 radical (unpaired) electrons. The summed E-state index contributed by atoms with van der Waals surface area (Å²) < 4.78 is 5.76. The topological polar surface area (TPSA) is 75.6 Å². The van der Waals surface area contributed by atoms with E-state index in [0.29, 0.717) is 5.56 Å². The summed E-state index contributed by atoms with van der Waals surface area (Å²) in [5, 5.41) is 11.6. The maximum absolute atomic E-state index is 12.2. The van der Waals surface area contributed by atoms with Crippen LogP contribution >= 0.6 is 15.9 Å². The Bertz CT molecular complexity index is 516. The number of methoxy groups -OCH3 is 1. The lowest BCUT2D eigenvalue weighted by atomic mass is 10.0. The number of rotatable bonds is 6. The Kier molecular flexibility index (Phi) is 6.16. The number of aliphatic carboxylic acids is 1. The van der Waals surface area contributed by atoms with E-state index in [1.807, 2.05) is 19.9 Å². The number of benzene rings is 1. The minimum absolute atomic E-state index is 0.228. The number of carbonyl (C=O) groups excluding carboxylic acids is 1. The van der Waals surface area contributed by atoms with Crippen molar-refractivity contribution >= 4 is 27.8 Å². The minimum Gasteiger partial charge on any atom is -0.480 e. The zero-order valence-electron chi connectivity index (χ0n) is 11.7. The molecule has 0 aliphatic rings. The molecule has 0 aromatic heterocycles. The van der Waals surface area contributed by atoms with Crippen molar-refractivity contribution in [2.24, 2.45) is 0 Å². The third-order valence-corrected chi connectivity index (χ3v) is 3.82. The van der Waals surface area contributed by atoms with Crippen LogP contribution in [0.3, 0.4) is 0 Å². The lowest BCUT2D eigenvalue weighted by molar-refractivity contribution is -0.139. The summed E-state index contributed by atoms with van der Waals surface area (Å²) in [4.78, 5) is 23.3. The fourth-order valence-corrected chi connectivity index (χ4v) is 2.21. The van der Waals surface area contributed by atoms with Gasteiger partial charge in [-0.3, -0.25) is 4.79 Å². The number of carboxylic acid groups (broad SMARTS) is 1. The van der Waals surface area contributed by atoms with Gasteiger partial charge in [-0.25, -0.2) is 4.79 Å². The first kappa shape index (κ1) is 16.7. The van der Waals surface area contributed by atoms with Crippen LogP contribution < -0.4 is 5.32 Å². The van der Waals surface area contributed by atoms with E-state index >= 15 is 0 Å². The number of hydrogen-bond acceptors (Lipinski definition) is 3. The summed E-state index contributed by atoms with van der Waals surface area (Å²) in [5.41, 5.74) is 2.19. The van der Waals surface area contributed by atoms with Gasteiger partial charge in [-0.2, -0.15) is 0 Å². The predicted molar refractivity (Wildman–Crippen MR) is 79.0 cm³/mol. The van der Waals surface area contributed by atoms with E-state index in [0.717, 1.165) is 15.6 Å². The van der Waals surface area contributed by atoms with Crippen molar-refractivity contribution in [3.63, 3.8) is 0 Å². The molecule has 2 N–H and O–H groups in total. The molecule has 1 unspecified atom stereocenters. The van der Waals surface area contributed by atoms with E-state index in [4.69, 9.17) is 9.84 Å². The molecule has 1 aromatic rings. The SMILES string of the molecule is COCCC(NC(=O)c1cc(C)c(Br)cc1C)C(=O)O. The van der Waals surface area contributed by atoms with Crippen LogP contribution in [-0.2, 0) is 9.53 Å². The highest BCUT2D eigenvalue weighted by Gasteiger charge is 2.21. The molecule has 1 amide bonds. The van der Waals surface area contributed by atoms with E-state index in [1.165, 1.54) is 7.11 Å². The molecule has 110 valence electrons. The van der Waals surface area contributed by atoms with Gasteiger partial charge in [-0.05, 0) is 37.1 Å². The van der Waals surface area contributed by atoms with Crippen molar-refractivity contribution in [3.8, 4) is 0 Å². The molecule has 6 heteroatoms. The molecule has 0 aliphatic heterocycles. The molecule has 20 heavy (non-hydrogen) atoms. The molecule has 5 nitrogen and oxygen atoms in total. The maximum atomic E-state index is 12.2. The third kappa shape index (κ3) is 4.31. The molecule has 0 aliphatic carbocycles. The van der Waals surface area contributed by atoms with Gasteiger partial charge in [0.1, 0.15) is 6.04 Å². The average Bonchev–Trinajstić information content (AvgIpc) is 2.38. The number of carboxylic acids is 1. The van der Waals surface area contributed by atoms with Crippen molar-refractivity contribution < 1.29 is 19.4 Å². The monoisotopic (exact) mass is 343 g/mol. The highest BCUT2D eigenvalue weighted by molar-refractivity contribution is 9.10. The lowest BCUT2D eigenvalue weighted by Gasteiger charge is -2.15. The van der Waals surface area contributed by atoms with E-state index in [-0.39, 0.29) is 18.9 Å². The molecule has 1 aromatic carbocycles. The molecule has 0 heterocycles. The standard InChI is InChI=1S/C14H18BrNO4/c1-8-7-11(15)9(2)6-10(8)13(17)16-12(14(18)19)4-5-20-3/h6-7,12H,4-5H2,1-3H3,(H,16,17)(H,18,19). The minimum atomic E-state index is -1.07. The largest absolute Gasteiger partial charge is 0.480 e. The normalized spacial score (nSPS) is 12.0. The van der Waals surface area contributed by atoms with Crippen LogP contribution in [0.15, 0.2) is 16.6 Å². The number of nitrogens with one attached hydrogen (secondary N) is 1. The van der Waals surface area contributed by atoms with E-state index < -0.39 is 12.0 Å². The summed E-state index contributed by atoms with van der Waals surface area (Å²) in [6.45, 7) is 3.96. The molecule has 0 spiro atoms. The number of aryl methyl sites for hydroxylation is 2. The van der Waals surface area contributed by atoms with E-state index in [9.17, 15) is 9.59 Å². The number of ether oxygens (including phenoxy) is 1. The van der Waals surface area contributed by atoms with Gasteiger partial charge in [0.25, 0.3) is 5.91 Å². The van der Waals surface area contributed by atoms with Crippen LogP contribution in [0.2, 0.25) is 0 Å². The molecular weight excluding hydrogens is 326 g/mol. The van der Waals surface area contributed by atoms with Crippen LogP contribution in [0.5, 0.6) is 0 Å². The van der Waals surface area contributed by atoms with Gasteiger partial charge < -0.3 is 15.2 Å². The first-order valence-electron chi connectivity index (χ1n) is 6.16. The van der Waals surface area contributed by atoms with Gasteiger partial charge in [0.15, 0.2) is 0 Å². The first-order valence-corrected chi connectivity index (χ1v) is 6.95. The summed E-state index contributed by atoms with van der Waals surface area (Å²) in [6.07, 6.45) is 0.228. The second kappa shape index (κ2) is 7.40. The Morgan fingerprint density at radius 3 is 2.55 bits per heavy atom. The summed E-state index contributed by atoms with van der Waals surface area (Å²) >= 11 is 3.40. The Morgan fingerprint density at radius 1 is 1.35 bits per heavy atom. The van der Waals surface area contributed by atoms with Crippen molar-refractivity contribution in [2.75, 3.05) is 13.7 Å². The maximum Gasteiger partial charge on any atom is 0.326 e. The van der Waals surface area contributed by atoms with Crippen molar-refractivity contribution in [1.82, 2.24) is 5.32 Å². The number of halogens is 1. The van der Waals surface area contributed by atoms with E-state index in [2.05, 4.69) is 21.2 Å².